The monoisotopic (exact) mass is 887 g/mol. The summed E-state index contributed by atoms with van der Waals surface area (Å²) in [7, 11) is 0. The number of nitrogen functional groups attached to an aromatic ring is 1. The molecule has 16 nitrogen and oxygen atoms in total. The molecule has 5 aromatic carbocycles. The van der Waals surface area contributed by atoms with Crippen molar-refractivity contribution in [3.63, 3.8) is 0 Å². The van der Waals surface area contributed by atoms with Crippen LogP contribution in [-0.4, -0.2) is 68.9 Å². The van der Waals surface area contributed by atoms with Gasteiger partial charge in [0, 0.05) is 62.8 Å². The van der Waals surface area contributed by atoms with Crippen molar-refractivity contribution in [2.24, 2.45) is 0 Å². The lowest BCUT2D eigenvalue weighted by Crippen LogP contribution is -2.37. The van der Waals surface area contributed by atoms with Crippen molar-refractivity contribution < 1.29 is 58.3 Å². The van der Waals surface area contributed by atoms with Gasteiger partial charge < -0.3 is 50.7 Å². The first-order valence-corrected chi connectivity index (χ1v) is 20.5. The number of carboxylic acids is 3. The number of carbonyl (C=O) groups excluding carboxylic acids is 2. The number of ether oxygens (including phenoxy) is 2. The summed E-state index contributed by atoms with van der Waals surface area (Å²) in [5.41, 5.74) is 7.73. The smallest absolute Gasteiger partial charge is 0.336 e. The van der Waals surface area contributed by atoms with E-state index in [1.807, 2.05) is 0 Å². The summed E-state index contributed by atoms with van der Waals surface area (Å²) in [6.45, 7) is 3.64. The fourth-order valence-corrected chi connectivity index (χ4v) is 8.48. The number of anilines is 1. The van der Waals surface area contributed by atoms with E-state index in [9.17, 15) is 49.2 Å². The predicted molar refractivity (Wildman–Crippen MR) is 239 cm³/mol. The number of aromatic carboxylic acids is 3. The molecule has 1 saturated heterocycles. The number of hydrogen-bond donors (Lipinski definition) is 7. The van der Waals surface area contributed by atoms with Crippen LogP contribution >= 0.6 is 0 Å². The van der Waals surface area contributed by atoms with E-state index in [-0.39, 0.29) is 75.5 Å². The lowest BCUT2D eigenvalue weighted by molar-refractivity contribution is -0.132. The van der Waals surface area contributed by atoms with Gasteiger partial charge in [-0.05, 0) is 95.9 Å². The quantitative estimate of drug-likeness (QED) is 0.0642. The van der Waals surface area contributed by atoms with Crippen LogP contribution < -0.4 is 37.0 Å². The second-order valence-corrected chi connectivity index (χ2v) is 15.8. The molecular formula is C50H37N3O13. The molecule has 16 heteroatoms. The van der Waals surface area contributed by atoms with Crippen molar-refractivity contribution >= 4 is 58.5 Å². The Morgan fingerprint density at radius 3 is 2.20 bits per heavy atom. The maximum atomic E-state index is 13.5. The van der Waals surface area contributed by atoms with Crippen LogP contribution in [0.2, 0.25) is 0 Å². The third-order valence-electron chi connectivity index (χ3n) is 11.6. The van der Waals surface area contributed by atoms with Crippen LogP contribution in [0.3, 0.4) is 0 Å². The predicted octanol–water partition coefficient (Wildman–Crippen LogP) is 5.30. The van der Waals surface area contributed by atoms with Gasteiger partial charge in [-0.15, -0.1) is 0 Å². The highest BCUT2D eigenvalue weighted by molar-refractivity contribution is 6.09. The number of fused-ring (bicyclic) bond motifs is 4. The number of amides is 2. The Bertz CT molecular complexity index is 3400. The molecule has 3 heterocycles. The van der Waals surface area contributed by atoms with Crippen LogP contribution in [0.25, 0.3) is 45.6 Å². The molecule has 3 aliphatic heterocycles. The topological polar surface area (TPSA) is 265 Å². The van der Waals surface area contributed by atoms with Crippen molar-refractivity contribution in [3.05, 3.63) is 163 Å². The molecule has 2 amide bonds. The molecule has 1 aliphatic carbocycles. The number of benzene rings is 6. The highest BCUT2D eigenvalue weighted by Crippen LogP contribution is 2.44. The van der Waals surface area contributed by atoms with Gasteiger partial charge in [-0.25, -0.2) is 14.4 Å². The van der Waals surface area contributed by atoms with E-state index in [0.29, 0.717) is 61.7 Å². The number of phenols is 1. The number of nitrogens with one attached hydrogen (secondary N) is 2. The summed E-state index contributed by atoms with van der Waals surface area (Å²) in [4.78, 5) is 77.2. The van der Waals surface area contributed by atoms with Crippen LogP contribution in [-0.2, 0) is 16.1 Å². The molecule has 4 aliphatic rings. The van der Waals surface area contributed by atoms with Gasteiger partial charge in [-0.3, -0.25) is 14.4 Å². The van der Waals surface area contributed by atoms with Crippen molar-refractivity contribution in [3.8, 4) is 39.7 Å². The van der Waals surface area contributed by atoms with Gasteiger partial charge in [0.2, 0.25) is 5.91 Å². The van der Waals surface area contributed by atoms with E-state index < -0.39 is 47.4 Å². The zero-order valence-corrected chi connectivity index (χ0v) is 34.5. The highest BCUT2D eigenvalue weighted by Gasteiger charge is 2.33. The molecule has 0 saturated carbocycles. The first-order chi connectivity index (χ1) is 31.6. The number of nitrogens with two attached hydrogens (primary N) is 1. The van der Waals surface area contributed by atoms with E-state index in [0.717, 1.165) is 6.07 Å². The molecule has 5 aromatic rings. The highest BCUT2D eigenvalue weighted by atomic mass is 16.5. The van der Waals surface area contributed by atoms with Crippen molar-refractivity contribution in [2.75, 3.05) is 12.3 Å². The normalized spacial score (nSPS) is 15.1. The van der Waals surface area contributed by atoms with Crippen LogP contribution in [0.1, 0.15) is 71.0 Å². The Morgan fingerprint density at radius 1 is 0.712 bits per heavy atom. The van der Waals surface area contributed by atoms with E-state index >= 15 is 0 Å². The zero-order valence-electron chi connectivity index (χ0n) is 34.5. The molecule has 0 aromatic heterocycles. The third-order valence-corrected chi connectivity index (χ3v) is 11.6. The van der Waals surface area contributed by atoms with Crippen molar-refractivity contribution in [1.29, 1.82) is 0 Å². The van der Waals surface area contributed by atoms with E-state index in [4.69, 9.17) is 19.6 Å². The Hall–Kier alpha value is -8.76. The minimum atomic E-state index is -1.40. The van der Waals surface area contributed by atoms with Gasteiger partial charge in [0.05, 0.1) is 34.9 Å². The van der Waals surface area contributed by atoms with E-state index in [2.05, 4.69) is 17.2 Å². The fourth-order valence-electron chi connectivity index (χ4n) is 8.48. The van der Waals surface area contributed by atoms with Gasteiger partial charge in [0.25, 0.3) is 5.91 Å². The number of carbonyl (C=O) groups is 5. The molecule has 9 rings (SSSR count). The summed E-state index contributed by atoms with van der Waals surface area (Å²) in [6, 6.07) is 25.3. The second-order valence-electron chi connectivity index (χ2n) is 15.8. The zero-order chi connectivity index (χ0) is 46.6. The molecule has 8 N–H and O–H groups in total. The molecule has 0 radical (unpaired) electrons. The van der Waals surface area contributed by atoms with Crippen LogP contribution in [0.5, 0.6) is 17.2 Å². The van der Waals surface area contributed by atoms with Crippen LogP contribution in [0.15, 0.2) is 112 Å². The first kappa shape index (κ1) is 42.5. The van der Waals surface area contributed by atoms with Crippen molar-refractivity contribution in [1.82, 2.24) is 10.6 Å². The van der Waals surface area contributed by atoms with Gasteiger partial charge in [-0.1, -0.05) is 30.8 Å². The number of rotatable bonds is 11. The standard InChI is InChI=1S/C50H37N3O13/c1-23-2-8-31-40(16-23)65-41-19-26(51)5-11-32(41)43(31)29-9-3-24(17-35(29)49(60)61)46(56)52-21-28-7-15-39(64-28)47(57)53-22-37-38(55)14-13-34-44(33-12-6-27(54)20-42(33)66-45(34)37)30-10-4-25(48(58)59)18-36(30)50(62)63/h2-6,8-14,16-20,28,39,54H,1,7,15,21-22,51H2,(H,52,56)(H,53,57)(H,58,59)(H,60,61)(H,62,63). The van der Waals surface area contributed by atoms with E-state index in [1.54, 1.807) is 42.5 Å². The Kier molecular flexibility index (Phi) is 10.8. The Labute approximate surface area is 372 Å². The number of carboxylic acid groups (broad SMARTS) is 3. The average Bonchev–Trinajstić information content (AvgIpc) is 3.77. The largest absolute Gasteiger partial charge is 0.508 e. The summed E-state index contributed by atoms with van der Waals surface area (Å²) < 4.78 is 18.3. The molecule has 0 bridgehead atoms. The summed E-state index contributed by atoms with van der Waals surface area (Å²) in [6.07, 6.45) is -0.875. The molecule has 2 unspecified atom stereocenters. The number of aromatic hydroxyl groups is 1. The molecule has 66 heavy (non-hydrogen) atoms. The minimum Gasteiger partial charge on any atom is -0.508 e. The maximum absolute atomic E-state index is 13.5. The molecule has 2 atom stereocenters. The molecule has 0 spiro atoms. The Morgan fingerprint density at radius 2 is 1.42 bits per heavy atom. The molecule has 1 fully saturated rings. The third kappa shape index (κ3) is 7.81. The van der Waals surface area contributed by atoms with Crippen LogP contribution in [0.4, 0.5) is 5.69 Å². The van der Waals surface area contributed by atoms with Gasteiger partial charge >= 0.3 is 17.9 Å². The SMILES string of the molecule is C=c1ccc2c(c1)Oc1cc(N)ccc1C=2c1ccc(C(=O)NCC2CCC(C(=O)NCc3c4oc5cc(O)ccc5c(-c5ccc(C(=O)O)cc5C(=O)O)c-4ccc3=O)O2)cc1C(=O)O. The maximum Gasteiger partial charge on any atom is 0.336 e. The molecular weight excluding hydrogens is 851 g/mol. The fraction of sp³-hybridized carbons (Fsp3) is 0.120. The van der Waals surface area contributed by atoms with Gasteiger partial charge in [0.1, 0.15) is 34.7 Å². The van der Waals surface area contributed by atoms with Crippen LogP contribution in [0, 0.1) is 0 Å². The summed E-state index contributed by atoms with van der Waals surface area (Å²) >= 11 is 0. The lowest BCUT2D eigenvalue weighted by Gasteiger charge is -2.22. The minimum absolute atomic E-state index is 0.000344. The van der Waals surface area contributed by atoms with Crippen molar-refractivity contribution in [2.45, 2.75) is 31.6 Å². The van der Waals surface area contributed by atoms with Gasteiger partial charge in [-0.2, -0.15) is 0 Å². The first-order valence-electron chi connectivity index (χ1n) is 20.5. The Balaban J connectivity index is 0.910. The lowest BCUT2D eigenvalue weighted by atomic mass is 9.88. The number of phenolic OH excluding ortho intramolecular Hbond substituents is 1. The summed E-state index contributed by atoms with van der Waals surface area (Å²) in [5.74, 6) is -4.37. The number of hydrogen-bond acceptors (Lipinski definition) is 11. The van der Waals surface area contributed by atoms with Gasteiger partial charge in [0.15, 0.2) is 5.43 Å². The van der Waals surface area contributed by atoms with E-state index in [1.165, 1.54) is 54.6 Å². The average molecular weight is 888 g/mol. The second kappa shape index (κ2) is 16.7. The molecule has 330 valence electrons. The summed E-state index contributed by atoms with van der Waals surface area (Å²) in [5, 5.41) is 47.6.